The largest absolute Gasteiger partial charge is 0.354 e. The minimum absolute atomic E-state index is 0.200. The number of aryl methyl sites for hydroxylation is 1. The van der Waals surface area contributed by atoms with Gasteiger partial charge in [0.25, 0.3) is 0 Å². The molecule has 2 amide bonds. The monoisotopic (exact) mass is 585 g/mol. The van der Waals surface area contributed by atoms with Gasteiger partial charge < -0.3 is 10.2 Å². The lowest BCUT2D eigenvalue weighted by molar-refractivity contribution is -0.139. The maximum absolute atomic E-state index is 13.4. The van der Waals surface area contributed by atoms with Crippen LogP contribution in [0, 0.1) is 10.5 Å². The van der Waals surface area contributed by atoms with E-state index in [1.165, 1.54) is 4.90 Å². The predicted molar refractivity (Wildman–Crippen MR) is 140 cm³/mol. The van der Waals surface area contributed by atoms with Crippen molar-refractivity contribution in [1.29, 1.82) is 0 Å². The molecule has 0 fully saturated rings. The summed E-state index contributed by atoms with van der Waals surface area (Å²) in [5, 5.41) is 2.87. The lowest BCUT2D eigenvalue weighted by Gasteiger charge is -2.31. The van der Waals surface area contributed by atoms with Crippen LogP contribution in [0.25, 0.3) is 0 Å². The van der Waals surface area contributed by atoms with E-state index >= 15 is 0 Å². The zero-order valence-electron chi connectivity index (χ0n) is 19.5. The third kappa shape index (κ3) is 8.29. The maximum Gasteiger partial charge on any atom is 0.244 e. The summed E-state index contributed by atoms with van der Waals surface area (Å²) in [7, 11) is -3.72. The van der Waals surface area contributed by atoms with Crippen LogP contribution in [0.15, 0.2) is 48.5 Å². The molecule has 0 aliphatic carbocycles. The molecule has 0 unspecified atom stereocenters. The third-order valence-electron chi connectivity index (χ3n) is 5.26. The van der Waals surface area contributed by atoms with Crippen LogP contribution in [-0.2, 0) is 26.2 Å². The molecule has 180 valence electrons. The molecule has 0 aliphatic heterocycles. The van der Waals surface area contributed by atoms with E-state index in [9.17, 15) is 18.0 Å². The van der Waals surface area contributed by atoms with Crippen LogP contribution in [0.5, 0.6) is 0 Å². The van der Waals surface area contributed by atoms with Crippen molar-refractivity contribution in [1.82, 2.24) is 10.2 Å². The van der Waals surface area contributed by atoms with Crippen molar-refractivity contribution in [2.75, 3.05) is 23.7 Å². The van der Waals surface area contributed by atoms with Crippen LogP contribution in [0.3, 0.4) is 0 Å². The lowest BCUT2D eigenvalue weighted by Crippen LogP contribution is -2.51. The number of benzene rings is 2. The Kier molecular flexibility index (Phi) is 10.2. The molecule has 9 heteroatoms. The first-order valence-corrected chi connectivity index (χ1v) is 13.8. The van der Waals surface area contributed by atoms with E-state index in [-0.39, 0.29) is 12.5 Å². The summed E-state index contributed by atoms with van der Waals surface area (Å²) in [6.07, 6.45) is 2.86. The molecule has 0 heterocycles. The van der Waals surface area contributed by atoms with Crippen molar-refractivity contribution in [3.05, 3.63) is 63.2 Å². The smallest absolute Gasteiger partial charge is 0.244 e. The Labute approximate surface area is 210 Å². The van der Waals surface area contributed by atoms with Gasteiger partial charge in [0.1, 0.15) is 12.6 Å². The number of amides is 2. The molecular weight excluding hydrogens is 553 g/mol. The van der Waals surface area contributed by atoms with Gasteiger partial charge >= 0.3 is 0 Å². The second kappa shape index (κ2) is 12.4. The first kappa shape index (κ1) is 27.1. The Balaban J connectivity index is 2.32. The molecule has 7 nitrogen and oxygen atoms in total. The first-order valence-electron chi connectivity index (χ1n) is 10.9. The number of rotatable bonds is 11. The van der Waals surface area contributed by atoms with Gasteiger partial charge in [-0.3, -0.25) is 13.9 Å². The Hall–Kier alpha value is -2.14. The van der Waals surface area contributed by atoms with E-state index in [0.717, 1.165) is 38.1 Å². The molecule has 1 N–H and O–H groups in total. The average molecular weight is 586 g/mol. The lowest BCUT2D eigenvalue weighted by atomic mass is 10.1. The summed E-state index contributed by atoms with van der Waals surface area (Å²) < 4.78 is 27.1. The Morgan fingerprint density at radius 1 is 1.06 bits per heavy atom. The highest BCUT2D eigenvalue weighted by Crippen LogP contribution is 2.20. The highest BCUT2D eigenvalue weighted by Gasteiger charge is 2.29. The Morgan fingerprint density at radius 3 is 2.21 bits per heavy atom. The average Bonchev–Trinajstić information content (AvgIpc) is 2.76. The van der Waals surface area contributed by atoms with Gasteiger partial charge in [-0.2, -0.15) is 0 Å². The second-order valence-electron chi connectivity index (χ2n) is 8.07. The third-order valence-corrected chi connectivity index (χ3v) is 7.12. The number of halogens is 1. The van der Waals surface area contributed by atoms with E-state index in [1.807, 2.05) is 38.1 Å². The van der Waals surface area contributed by atoms with E-state index in [0.29, 0.717) is 12.2 Å². The van der Waals surface area contributed by atoms with Crippen molar-refractivity contribution >= 4 is 50.1 Å². The summed E-state index contributed by atoms with van der Waals surface area (Å²) in [6.45, 7) is 6.02. The molecule has 0 aliphatic rings. The van der Waals surface area contributed by atoms with Gasteiger partial charge in [-0.15, -0.1) is 0 Å². The van der Waals surface area contributed by atoms with E-state index < -0.39 is 28.5 Å². The molecule has 2 rings (SSSR count). The van der Waals surface area contributed by atoms with Crippen molar-refractivity contribution in [3.8, 4) is 0 Å². The molecule has 0 spiro atoms. The molecule has 33 heavy (non-hydrogen) atoms. The molecule has 2 aromatic rings. The molecule has 1 atom stereocenters. The molecule has 0 saturated carbocycles. The summed E-state index contributed by atoms with van der Waals surface area (Å²) >= 11 is 2.13. The Bertz CT molecular complexity index is 1040. The maximum atomic E-state index is 13.4. The zero-order valence-corrected chi connectivity index (χ0v) is 22.5. The normalized spacial score (nSPS) is 12.2. The minimum Gasteiger partial charge on any atom is -0.354 e. The zero-order chi connectivity index (χ0) is 24.6. The van der Waals surface area contributed by atoms with Crippen LogP contribution >= 0.6 is 22.6 Å². The van der Waals surface area contributed by atoms with Gasteiger partial charge in [-0.05, 0) is 72.7 Å². The number of unbranched alkanes of at least 4 members (excludes halogenated alkanes) is 1. The van der Waals surface area contributed by atoms with Gasteiger partial charge in [0.05, 0.1) is 11.9 Å². The number of nitrogens with zero attached hydrogens (tertiary/aromatic N) is 2. The Morgan fingerprint density at radius 2 is 1.67 bits per heavy atom. The molecule has 2 aromatic carbocycles. The molecule has 0 bridgehead atoms. The van der Waals surface area contributed by atoms with Crippen molar-refractivity contribution in [3.63, 3.8) is 0 Å². The highest BCUT2D eigenvalue weighted by atomic mass is 127. The van der Waals surface area contributed by atoms with Gasteiger partial charge in [-0.1, -0.05) is 43.2 Å². The molecular formula is C24H32IN3O4S. The van der Waals surface area contributed by atoms with Crippen molar-refractivity contribution in [2.24, 2.45) is 0 Å². The minimum atomic E-state index is -3.72. The van der Waals surface area contributed by atoms with Crippen LogP contribution in [0.2, 0.25) is 0 Å². The summed E-state index contributed by atoms with van der Waals surface area (Å²) in [5.41, 5.74) is 2.35. The van der Waals surface area contributed by atoms with Crippen molar-refractivity contribution in [2.45, 2.75) is 46.2 Å². The van der Waals surface area contributed by atoms with E-state index in [2.05, 4.69) is 27.9 Å². The topological polar surface area (TPSA) is 86.8 Å². The van der Waals surface area contributed by atoms with E-state index in [1.54, 1.807) is 31.2 Å². The number of hydrogen-bond acceptors (Lipinski definition) is 4. The summed E-state index contributed by atoms with van der Waals surface area (Å²) in [5.74, 6) is -0.707. The fraction of sp³-hybridized carbons (Fsp3) is 0.417. The SMILES string of the molecule is CCCCNC(=O)[C@@H](C)N(Cc1ccc(C)cc1)C(=O)CN(c1ccc(I)cc1)S(C)(=O)=O. The fourth-order valence-corrected chi connectivity index (χ4v) is 4.44. The number of nitrogens with one attached hydrogen (secondary N) is 1. The van der Waals surface area contributed by atoms with Crippen LogP contribution in [0.4, 0.5) is 5.69 Å². The van der Waals surface area contributed by atoms with Gasteiger partial charge in [0, 0.05) is 16.7 Å². The van der Waals surface area contributed by atoms with Crippen LogP contribution in [0.1, 0.15) is 37.8 Å². The van der Waals surface area contributed by atoms with Crippen molar-refractivity contribution < 1.29 is 18.0 Å². The van der Waals surface area contributed by atoms with Crippen LogP contribution < -0.4 is 9.62 Å². The molecule has 0 aromatic heterocycles. The quantitative estimate of drug-likeness (QED) is 0.322. The number of carbonyl (C=O) groups excluding carboxylic acids is 2. The van der Waals surface area contributed by atoms with Gasteiger partial charge in [-0.25, -0.2) is 8.42 Å². The second-order valence-corrected chi connectivity index (χ2v) is 11.2. The van der Waals surface area contributed by atoms with Crippen LogP contribution in [-0.4, -0.2) is 50.5 Å². The number of hydrogen-bond donors (Lipinski definition) is 1. The fourth-order valence-electron chi connectivity index (χ4n) is 3.23. The highest BCUT2D eigenvalue weighted by molar-refractivity contribution is 14.1. The van der Waals surface area contributed by atoms with Gasteiger partial charge in [0.2, 0.25) is 21.8 Å². The molecule has 0 radical (unpaired) electrons. The number of anilines is 1. The predicted octanol–water partition coefficient (Wildman–Crippen LogP) is 3.70. The number of carbonyl (C=O) groups is 2. The van der Waals surface area contributed by atoms with Gasteiger partial charge in [0.15, 0.2) is 0 Å². The summed E-state index contributed by atoms with van der Waals surface area (Å²) in [4.78, 5) is 27.6. The first-order chi connectivity index (χ1) is 15.5. The summed E-state index contributed by atoms with van der Waals surface area (Å²) in [6, 6.07) is 13.8. The molecule has 0 saturated heterocycles. The number of sulfonamides is 1. The standard InChI is InChI=1S/C24H32IN3O4S/c1-5-6-15-26-24(30)19(3)27(16-20-9-7-18(2)8-10-20)23(29)17-28(33(4,31)32)22-13-11-21(25)12-14-22/h7-14,19H,5-6,15-17H2,1-4H3,(H,26,30)/t19-/m1/s1. The van der Waals surface area contributed by atoms with E-state index in [4.69, 9.17) is 0 Å².